The normalized spacial score (nSPS) is 26.5. The summed E-state index contributed by atoms with van der Waals surface area (Å²) in [7, 11) is 1.66. The molecule has 30 heavy (non-hydrogen) atoms. The van der Waals surface area contributed by atoms with E-state index in [1.165, 1.54) is 4.68 Å². The third-order valence-corrected chi connectivity index (χ3v) is 5.43. The molecule has 4 rings (SSSR count). The molecule has 0 unspecified atom stereocenters. The maximum atomic E-state index is 13.6. The zero-order valence-electron chi connectivity index (χ0n) is 16.2. The van der Waals surface area contributed by atoms with Crippen LogP contribution in [0.1, 0.15) is 34.9 Å². The van der Waals surface area contributed by atoms with E-state index in [1.54, 1.807) is 13.1 Å². The summed E-state index contributed by atoms with van der Waals surface area (Å²) < 4.78 is 21.5. The van der Waals surface area contributed by atoms with Crippen molar-refractivity contribution >= 4 is 11.7 Å². The van der Waals surface area contributed by atoms with Crippen LogP contribution >= 0.6 is 0 Å². The third kappa shape index (κ3) is 3.93. The molecule has 2 aromatic heterocycles. The van der Waals surface area contributed by atoms with Gasteiger partial charge in [0.25, 0.3) is 5.91 Å². The number of nitrogens with two attached hydrogens (primary N) is 1. The number of anilines is 1. The first-order chi connectivity index (χ1) is 14.2. The smallest absolute Gasteiger partial charge is 0.349 e. The number of carbonyl (C=O) groups excluding carboxylic acids is 1. The van der Waals surface area contributed by atoms with Gasteiger partial charge in [-0.25, -0.2) is 9.18 Å². The van der Waals surface area contributed by atoms with Gasteiger partial charge in [-0.15, -0.1) is 0 Å². The summed E-state index contributed by atoms with van der Waals surface area (Å²) in [5.74, 6) is -1.47. The minimum absolute atomic E-state index is 0.110. The molecule has 1 aliphatic carbocycles. The Morgan fingerprint density at radius 3 is 2.83 bits per heavy atom. The summed E-state index contributed by atoms with van der Waals surface area (Å²) >= 11 is 0. The highest BCUT2D eigenvalue weighted by Gasteiger charge is 2.40. The fraction of sp³-hybridized carbons (Fsp3) is 0.556. The summed E-state index contributed by atoms with van der Waals surface area (Å²) in [6, 6.07) is 0.846. The van der Waals surface area contributed by atoms with Crippen molar-refractivity contribution in [2.24, 2.45) is 7.05 Å². The molecule has 1 aliphatic heterocycles. The van der Waals surface area contributed by atoms with Gasteiger partial charge in [0.2, 0.25) is 0 Å². The highest BCUT2D eigenvalue weighted by molar-refractivity contribution is 5.93. The lowest BCUT2D eigenvalue weighted by Crippen LogP contribution is -2.60. The fourth-order valence-corrected chi connectivity index (χ4v) is 3.50. The minimum atomic E-state index is -1.43. The molecule has 2 aliphatic rings. The Balaban J connectivity index is 1.41. The average molecular weight is 422 g/mol. The molecule has 2 aromatic rings. The van der Waals surface area contributed by atoms with E-state index < -0.39 is 47.6 Å². The van der Waals surface area contributed by atoms with Gasteiger partial charge in [-0.05, 0) is 18.9 Å². The number of amides is 1. The molecule has 11 nitrogen and oxygen atoms in total. The number of aromatic nitrogens is 4. The van der Waals surface area contributed by atoms with Gasteiger partial charge in [0.15, 0.2) is 11.6 Å². The van der Waals surface area contributed by atoms with Crippen LogP contribution in [0.15, 0.2) is 17.1 Å². The van der Waals surface area contributed by atoms with Crippen molar-refractivity contribution in [2.75, 3.05) is 12.3 Å². The largest absolute Gasteiger partial charge is 0.388 e. The molecule has 1 saturated heterocycles. The number of rotatable bonds is 5. The number of carbonyl (C=O) groups is 1. The molecule has 3 heterocycles. The number of halogens is 1. The number of aliphatic hydroxyl groups excluding tert-OH is 2. The molecular weight excluding hydrogens is 399 g/mol. The maximum absolute atomic E-state index is 13.6. The molecule has 1 saturated carbocycles. The lowest BCUT2D eigenvalue weighted by molar-refractivity contribution is -0.152. The highest BCUT2D eigenvalue weighted by Crippen LogP contribution is 2.39. The standard InChI is InChI=1S/C18H23FN6O5/c1-24-12(4-10(23-24)8-2-3-8)17(28)21-11-7-30-13(15(27)14(11)26)6-25-5-9(19)16(20)22-18(25)29/h4-5,8,11,13-15,26-27H,2-3,6-7H2,1H3,(H,21,28)(H2,20,22,29)/t11-,13-,14+,15-/m1/s1. The zero-order valence-corrected chi connectivity index (χ0v) is 16.2. The Labute approximate surface area is 170 Å². The van der Waals surface area contributed by atoms with Crippen molar-refractivity contribution in [3.8, 4) is 0 Å². The molecule has 0 bridgehead atoms. The van der Waals surface area contributed by atoms with Gasteiger partial charge in [0.05, 0.1) is 24.9 Å². The monoisotopic (exact) mass is 422 g/mol. The van der Waals surface area contributed by atoms with Gasteiger partial charge in [-0.2, -0.15) is 10.1 Å². The van der Waals surface area contributed by atoms with E-state index in [0.29, 0.717) is 11.6 Å². The van der Waals surface area contributed by atoms with E-state index in [4.69, 9.17) is 10.5 Å². The number of nitrogens with one attached hydrogen (secondary N) is 1. The number of nitrogen functional groups attached to an aromatic ring is 1. The van der Waals surface area contributed by atoms with E-state index in [0.717, 1.165) is 29.3 Å². The first-order valence-electron chi connectivity index (χ1n) is 9.59. The molecule has 4 atom stereocenters. The quantitative estimate of drug-likeness (QED) is 0.453. The molecule has 0 spiro atoms. The number of hydrogen-bond acceptors (Lipinski definition) is 8. The Morgan fingerprint density at radius 1 is 1.40 bits per heavy atom. The molecule has 2 fully saturated rings. The third-order valence-electron chi connectivity index (χ3n) is 5.43. The topological polar surface area (TPSA) is 158 Å². The van der Waals surface area contributed by atoms with Crippen molar-refractivity contribution in [3.05, 3.63) is 40.0 Å². The molecule has 12 heteroatoms. The van der Waals surface area contributed by atoms with Gasteiger partial charge >= 0.3 is 5.69 Å². The van der Waals surface area contributed by atoms with Gasteiger partial charge in [-0.1, -0.05) is 0 Å². The number of ether oxygens (including phenoxy) is 1. The predicted octanol–water partition coefficient (Wildman–Crippen LogP) is -1.51. The molecule has 5 N–H and O–H groups in total. The van der Waals surface area contributed by atoms with Crippen LogP contribution in [-0.4, -0.2) is 66.4 Å². The molecule has 1 amide bonds. The lowest BCUT2D eigenvalue weighted by Gasteiger charge is -2.38. The molecule has 0 aromatic carbocycles. The number of nitrogens with zero attached hydrogens (tertiary/aromatic N) is 4. The number of aryl methyl sites for hydroxylation is 1. The van der Waals surface area contributed by atoms with Crippen LogP contribution in [0, 0.1) is 5.82 Å². The number of hydrogen-bond donors (Lipinski definition) is 4. The van der Waals surface area contributed by atoms with Crippen LogP contribution in [-0.2, 0) is 18.3 Å². The van der Waals surface area contributed by atoms with E-state index >= 15 is 0 Å². The van der Waals surface area contributed by atoms with Crippen LogP contribution in [0.25, 0.3) is 0 Å². The van der Waals surface area contributed by atoms with E-state index in [1.807, 2.05) is 0 Å². The Morgan fingerprint density at radius 2 is 2.13 bits per heavy atom. The molecular formula is C18H23FN6O5. The van der Waals surface area contributed by atoms with Crippen molar-refractivity contribution in [3.63, 3.8) is 0 Å². The Bertz CT molecular complexity index is 1020. The van der Waals surface area contributed by atoms with Crippen LogP contribution < -0.4 is 16.7 Å². The van der Waals surface area contributed by atoms with Crippen LogP contribution in [0.3, 0.4) is 0 Å². The van der Waals surface area contributed by atoms with Crippen molar-refractivity contribution in [1.29, 1.82) is 0 Å². The average Bonchev–Trinajstić information content (AvgIpc) is 3.47. The van der Waals surface area contributed by atoms with Crippen molar-refractivity contribution < 1.29 is 24.1 Å². The second-order valence-electron chi connectivity index (χ2n) is 7.69. The van der Waals surface area contributed by atoms with Gasteiger partial charge in [0.1, 0.15) is 24.0 Å². The number of aliphatic hydroxyl groups is 2. The summed E-state index contributed by atoms with van der Waals surface area (Å²) in [5, 5.41) is 27.9. The van der Waals surface area contributed by atoms with Crippen molar-refractivity contribution in [1.82, 2.24) is 24.6 Å². The van der Waals surface area contributed by atoms with Crippen molar-refractivity contribution in [2.45, 2.75) is 49.7 Å². The second kappa shape index (κ2) is 7.78. The lowest BCUT2D eigenvalue weighted by atomic mass is 9.97. The fourth-order valence-electron chi connectivity index (χ4n) is 3.50. The summed E-state index contributed by atoms with van der Waals surface area (Å²) in [4.78, 5) is 27.8. The zero-order chi connectivity index (χ0) is 21.6. The highest BCUT2D eigenvalue weighted by atomic mass is 19.1. The van der Waals surface area contributed by atoms with E-state index in [2.05, 4.69) is 15.4 Å². The van der Waals surface area contributed by atoms with Crippen LogP contribution in [0.5, 0.6) is 0 Å². The molecule has 0 radical (unpaired) electrons. The molecule has 162 valence electrons. The van der Waals surface area contributed by atoms with Gasteiger partial charge < -0.3 is 26.0 Å². The summed E-state index contributed by atoms with van der Waals surface area (Å²) in [6.45, 7) is -0.351. The first kappa shape index (κ1) is 20.4. The van der Waals surface area contributed by atoms with Crippen LogP contribution in [0.2, 0.25) is 0 Å². The maximum Gasteiger partial charge on any atom is 0.349 e. The van der Waals surface area contributed by atoms with Gasteiger partial charge in [-0.3, -0.25) is 14.0 Å². The Kier molecular flexibility index (Phi) is 5.30. The predicted molar refractivity (Wildman–Crippen MR) is 101 cm³/mol. The second-order valence-corrected chi connectivity index (χ2v) is 7.69. The van der Waals surface area contributed by atoms with E-state index in [9.17, 15) is 24.2 Å². The first-order valence-corrected chi connectivity index (χ1v) is 9.59. The SMILES string of the molecule is Cn1nc(C2CC2)cc1C(=O)N[C@@H]1CO[C@H](Cn2cc(F)c(N)nc2=O)[C@@H](O)[C@H]1O. The van der Waals surface area contributed by atoms with E-state index in [-0.39, 0.29) is 13.2 Å². The summed E-state index contributed by atoms with van der Waals surface area (Å²) in [5.41, 5.74) is 5.64. The van der Waals surface area contributed by atoms with Gasteiger partial charge in [0, 0.05) is 19.2 Å². The Hall–Kier alpha value is -2.83. The minimum Gasteiger partial charge on any atom is -0.388 e. The summed E-state index contributed by atoms with van der Waals surface area (Å²) in [6.07, 6.45) is -0.819. The van der Waals surface area contributed by atoms with Crippen LogP contribution in [0.4, 0.5) is 10.2 Å².